The molecule has 0 spiro atoms. The highest BCUT2D eigenvalue weighted by molar-refractivity contribution is 7.98. The summed E-state index contributed by atoms with van der Waals surface area (Å²) in [5.74, 6) is 3.31. The predicted octanol–water partition coefficient (Wildman–Crippen LogP) is 3.58. The molecule has 2 rings (SSSR count). The minimum absolute atomic E-state index is 0.697. The van der Waals surface area contributed by atoms with Crippen LogP contribution in [0.3, 0.4) is 0 Å². The van der Waals surface area contributed by atoms with Crippen LogP contribution in [0.1, 0.15) is 12.3 Å². The van der Waals surface area contributed by atoms with Gasteiger partial charge >= 0.3 is 0 Å². The lowest BCUT2D eigenvalue weighted by Crippen LogP contribution is -1.99. The molecule has 0 saturated carbocycles. The molecule has 0 aliphatic heterocycles. The minimum atomic E-state index is 0.697. The molecule has 96 valence electrons. The number of halogens is 1. The molecule has 0 fully saturated rings. The van der Waals surface area contributed by atoms with E-state index in [-0.39, 0.29) is 0 Å². The number of nitrogens with zero attached hydrogens (tertiary/aromatic N) is 1. The van der Waals surface area contributed by atoms with E-state index in [1.54, 1.807) is 18.0 Å². The Morgan fingerprint density at radius 2 is 2.28 bits per heavy atom. The van der Waals surface area contributed by atoms with Crippen LogP contribution in [-0.4, -0.2) is 17.3 Å². The second-order valence-electron chi connectivity index (χ2n) is 3.82. The van der Waals surface area contributed by atoms with Crippen LogP contribution in [-0.2, 0) is 5.75 Å². The maximum atomic E-state index is 5.94. The summed E-state index contributed by atoms with van der Waals surface area (Å²) in [4.78, 5) is 4.26. The molecular weight excluding hydrogens is 268 g/mol. The maximum absolute atomic E-state index is 5.94. The zero-order valence-corrected chi connectivity index (χ0v) is 11.5. The zero-order chi connectivity index (χ0) is 12.8. The second-order valence-corrected chi connectivity index (χ2v) is 5.37. The van der Waals surface area contributed by atoms with Crippen molar-refractivity contribution in [2.45, 2.75) is 12.2 Å². The fourth-order valence-corrected chi connectivity index (χ4v) is 2.51. The topological polar surface area (TPSA) is 52.0 Å². The molecule has 0 aliphatic rings. The molecule has 1 aromatic carbocycles. The van der Waals surface area contributed by atoms with Gasteiger partial charge in [-0.2, -0.15) is 11.8 Å². The lowest BCUT2D eigenvalue weighted by Gasteiger charge is -1.97. The molecule has 1 aromatic heterocycles. The highest BCUT2D eigenvalue weighted by Gasteiger charge is 2.06. The molecule has 2 aromatic rings. The van der Waals surface area contributed by atoms with Crippen molar-refractivity contribution >= 4 is 23.4 Å². The minimum Gasteiger partial charge on any atom is -0.440 e. The molecule has 0 unspecified atom stereocenters. The molecule has 3 nitrogen and oxygen atoms in total. The van der Waals surface area contributed by atoms with Crippen LogP contribution in [0.25, 0.3) is 11.3 Å². The van der Waals surface area contributed by atoms with Gasteiger partial charge in [0, 0.05) is 10.6 Å². The van der Waals surface area contributed by atoms with Gasteiger partial charge < -0.3 is 10.2 Å². The van der Waals surface area contributed by atoms with Gasteiger partial charge in [0.25, 0.3) is 0 Å². The average molecular weight is 283 g/mol. The number of aromatic nitrogens is 1. The van der Waals surface area contributed by atoms with Gasteiger partial charge in [-0.05, 0) is 30.9 Å². The summed E-state index contributed by atoms with van der Waals surface area (Å²) in [7, 11) is 0. The quantitative estimate of drug-likeness (QED) is 0.823. The summed E-state index contributed by atoms with van der Waals surface area (Å²) >= 11 is 7.72. The van der Waals surface area contributed by atoms with Crippen molar-refractivity contribution in [3.8, 4) is 11.3 Å². The molecule has 2 N–H and O–H groups in total. The predicted molar refractivity (Wildman–Crippen MR) is 76.8 cm³/mol. The van der Waals surface area contributed by atoms with Crippen LogP contribution in [0.5, 0.6) is 0 Å². The number of rotatable bonds is 6. The van der Waals surface area contributed by atoms with Gasteiger partial charge in [-0.15, -0.1) is 0 Å². The molecule has 0 amide bonds. The standard InChI is InChI=1S/C13H15ClN2OS/c14-11-4-1-3-10(7-11)12-8-16-13(17-12)9-18-6-2-5-15/h1,3-4,7-8H,2,5-6,9,15H2. The molecule has 0 saturated heterocycles. The van der Waals surface area contributed by atoms with Crippen molar-refractivity contribution in [3.05, 3.63) is 41.4 Å². The van der Waals surface area contributed by atoms with Gasteiger partial charge in [-0.3, -0.25) is 0 Å². The normalized spacial score (nSPS) is 10.8. The van der Waals surface area contributed by atoms with E-state index in [0.29, 0.717) is 5.02 Å². The van der Waals surface area contributed by atoms with E-state index in [4.69, 9.17) is 21.8 Å². The number of hydrogen-bond donors (Lipinski definition) is 1. The Labute approximate surface area is 116 Å². The van der Waals surface area contributed by atoms with Crippen molar-refractivity contribution in [3.63, 3.8) is 0 Å². The third-order valence-corrected chi connectivity index (χ3v) is 3.64. The Hall–Kier alpha value is -0.970. The Morgan fingerprint density at radius 3 is 3.06 bits per heavy atom. The Kier molecular flexibility index (Phi) is 5.11. The first-order valence-corrected chi connectivity index (χ1v) is 7.31. The Morgan fingerprint density at radius 1 is 1.39 bits per heavy atom. The molecule has 0 bridgehead atoms. The average Bonchev–Trinajstić information content (AvgIpc) is 2.83. The van der Waals surface area contributed by atoms with E-state index in [1.165, 1.54) is 0 Å². The van der Waals surface area contributed by atoms with Gasteiger partial charge in [0.05, 0.1) is 11.9 Å². The van der Waals surface area contributed by atoms with Gasteiger partial charge in [-0.1, -0.05) is 23.7 Å². The van der Waals surface area contributed by atoms with Crippen LogP contribution in [0.4, 0.5) is 0 Å². The highest BCUT2D eigenvalue weighted by Crippen LogP contribution is 2.24. The third kappa shape index (κ3) is 3.77. The number of thioether (sulfide) groups is 1. The summed E-state index contributed by atoms with van der Waals surface area (Å²) in [6, 6.07) is 7.56. The van der Waals surface area contributed by atoms with Crippen molar-refractivity contribution < 1.29 is 4.42 Å². The second kappa shape index (κ2) is 6.83. The number of benzene rings is 1. The van der Waals surface area contributed by atoms with E-state index in [9.17, 15) is 0 Å². The number of nitrogens with two attached hydrogens (primary N) is 1. The van der Waals surface area contributed by atoms with Gasteiger partial charge in [0.1, 0.15) is 0 Å². The Bertz CT molecular complexity index is 501. The summed E-state index contributed by atoms with van der Waals surface area (Å²) in [6.07, 6.45) is 2.76. The highest BCUT2D eigenvalue weighted by atomic mass is 35.5. The smallest absolute Gasteiger partial charge is 0.204 e. The first-order chi connectivity index (χ1) is 8.79. The summed E-state index contributed by atoms with van der Waals surface area (Å²) in [5, 5.41) is 0.697. The lowest BCUT2D eigenvalue weighted by molar-refractivity contribution is 0.530. The van der Waals surface area contributed by atoms with Crippen LogP contribution < -0.4 is 5.73 Å². The van der Waals surface area contributed by atoms with Crippen LogP contribution in [0.15, 0.2) is 34.9 Å². The van der Waals surface area contributed by atoms with E-state index >= 15 is 0 Å². The summed E-state index contributed by atoms with van der Waals surface area (Å²) in [5.41, 5.74) is 6.39. The number of hydrogen-bond acceptors (Lipinski definition) is 4. The molecule has 18 heavy (non-hydrogen) atoms. The van der Waals surface area contributed by atoms with Gasteiger partial charge in [0.2, 0.25) is 5.89 Å². The van der Waals surface area contributed by atoms with Crippen LogP contribution in [0.2, 0.25) is 5.02 Å². The molecule has 1 heterocycles. The van der Waals surface area contributed by atoms with E-state index in [1.807, 2.05) is 24.3 Å². The first kappa shape index (κ1) is 13.5. The van der Waals surface area contributed by atoms with E-state index in [0.717, 1.165) is 41.7 Å². The fourth-order valence-electron chi connectivity index (χ4n) is 1.50. The largest absolute Gasteiger partial charge is 0.440 e. The zero-order valence-electron chi connectivity index (χ0n) is 9.93. The van der Waals surface area contributed by atoms with Crippen LogP contribution >= 0.6 is 23.4 Å². The fraction of sp³-hybridized carbons (Fsp3) is 0.308. The molecule has 0 aliphatic carbocycles. The first-order valence-electron chi connectivity index (χ1n) is 5.78. The monoisotopic (exact) mass is 282 g/mol. The van der Waals surface area contributed by atoms with Crippen LogP contribution in [0, 0.1) is 0 Å². The SMILES string of the molecule is NCCCSCc1ncc(-c2cccc(Cl)c2)o1. The van der Waals surface area contributed by atoms with Crippen molar-refractivity contribution in [1.82, 2.24) is 4.98 Å². The van der Waals surface area contributed by atoms with Gasteiger partial charge in [-0.25, -0.2) is 4.98 Å². The van der Waals surface area contributed by atoms with E-state index < -0.39 is 0 Å². The van der Waals surface area contributed by atoms with Crippen molar-refractivity contribution in [1.29, 1.82) is 0 Å². The molecule has 0 atom stereocenters. The molecular formula is C13H15ClN2OS. The lowest BCUT2D eigenvalue weighted by atomic mass is 10.2. The summed E-state index contributed by atoms with van der Waals surface area (Å²) in [6.45, 7) is 0.729. The molecule has 5 heteroatoms. The Balaban J connectivity index is 1.97. The van der Waals surface area contributed by atoms with Gasteiger partial charge in [0.15, 0.2) is 5.76 Å². The van der Waals surface area contributed by atoms with Crippen molar-refractivity contribution in [2.24, 2.45) is 5.73 Å². The number of oxazole rings is 1. The maximum Gasteiger partial charge on any atom is 0.204 e. The van der Waals surface area contributed by atoms with E-state index in [2.05, 4.69) is 4.98 Å². The molecule has 0 radical (unpaired) electrons. The van der Waals surface area contributed by atoms with Crippen molar-refractivity contribution in [2.75, 3.05) is 12.3 Å². The third-order valence-electron chi connectivity index (χ3n) is 2.38. The summed E-state index contributed by atoms with van der Waals surface area (Å²) < 4.78 is 5.68.